The Kier molecular flexibility index (Phi) is 4.84. The van der Waals surface area contributed by atoms with Crippen LogP contribution in [0.4, 0.5) is 0 Å². The lowest BCUT2D eigenvalue weighted by atomic mass is 10.2. The Morgan fingerprint density at radius 2 is 1.92 bits per heavy atom. The van der Waals surface area contributed by atoms with Gasteiger partial charge in [0.1, 0.15) is 6.54 Å². The zero-order valence-corrected chi connectivity index (χ0v) is 14.4. The summed E-state index contributed by atoms with van der Waals surface area (Å²) in [5.74, 6) is -1.09. The highest BCUT2D eigenvalue weighted by Gasteiger charge is 2.23. The maximum Gasteiger partial charge on any atom is 0.325 e. The van der Waals surface area contributed by atoms with Crippen LogP contribution in [0.2, 0.25) is 0 Å². The van der Waals surface area contributed by atoms with Crippen molar-refractivity contribution >= 4 is 11.9 Å². The molecule has 1 aliphatic heterocycles. The number of aryl methyl sites for hydroxylation is 2. The van der Waals surface area contributed by atoms with Crippen LogP contribution in [0.3, 0.4) is 0 Å². The topological polar surface area (TPSA) is 96.5 Å². The highest BCUT2D eigenvalue weighted by molar-refractivity contribution is 5.93. The van der Waals surface area contributed by atoms with Gasteiger partial charge in [-0.15, -0.1) is 0 Å². The van der Waals surface area contributed by atoms with Crippen LogP contribution in [0.25, 0.3) is 0 Å². The molecule has 134 valence electrons. The predicted molar refractivity (Wildman–Crippen MR) is 89.0 cm³/mol. The lowest BCUT2D eigenvalue weighted by molar-refractivity contribution is -0.137. The Morgan fingerprint density at radius 3 is 2.52 bits per heavy atom. The summed E-state index contributed by atoms with van der Waals surface area (Å²) in [7, 11) is 1.91. The molecule has 9 nitrogen and oxygen atoms in total. The first-order valence-corrected chi connectivity index (χ1v) is 8.17. The number of carboxylic acids is 1. The second kappa shape index (κ2) is 7.06. The highest BCUT2D eigenvalue weighted by atomic mass is 16.4. The lowest BCUT2D eigenvalue weighted by Crippen LogP contribution is -2.48. The van der Waals surface area contributed by atoms with E-state index in [1.807, 2.05) is 24.9 Å². The quantitative estimate of drug-likeness (QED) is 0.817. The monoisotopic (exact) mass is 346 g/mol. The number of amides is 1. The first kappa shape index (κ1) is 17.2. The van der Waals surface area contributed by atoms with E-state index >= 15 is 0 Å². The number of hydrogen-bond acceptors (Lipinski definition) is 5. The molecule has 3 rings (SSSR count). The maximum atomic E-state index is 12.5. The summed E-state index contributed by atoms with van der Waals surface area (Å²) in [6, 6.07) is 0. The zero-order chi connectivity index (χ0) is 18.0. The SMILES string of the molecule is Cc1nn(C)cc1CN1CCN(C(=O)c2cnn(CC(=O)O)c2)CC1. The van der Waals surface area contributed by atoms with Crippen LogP contribution >= 0.6 is 0 Å². The summed E-state index contributed by atoms with van der Waals surface area (Å²) < 4.78 is 3.08. The molecule has 1 saturated heterocycles. The third-order valence-electron chi connectivity index (χ3n) is 4.35. The van der Waals surface area contributed by atoms with E-state index in [9.17, 15) is 9.59 Å². The van der Waals surface area contributed by atoms with Crippen molar-refractivity contribution in [2.75, 3.05) is 26.2 Å². The number of carbonyl (C=O) groups excluding carboxylic acids is 1. The van der Waals surface area contributed by atoms with Gasteiger partial charge in [0.05, 0.1) is 17.5 Å². The number of carbonyl (C=O) groups is 2. The van der Waals surface area contributed by atoms with Crippen molar-refractivity contribution in [1.82, 2.24) is 29.4 Å². The third-order valence-corrected chi connectivity index (χ3v) is 4.35. The van der Waals surface area contributed by atoms with Gasteiger partial charge >= 0.3 is 5.97 Å². The summed E-state index contributed by atoms with van der Waals surface area (Å²) in [4.78, 5) is 27.3. The van der Waals surface area contributed by atoms with E-state index in [4.69, 9.17) is 5.11 Å². The maximum absolute atomic E-state index is 12.5. The minimum Gasteiger partial charge on any atom is -0.480 e. The van der Waals surface area contributed by atoms with Crippen molar-refractivity contribution in [2.24, 2.45) is 7.05 Å². The molecule has 0 saturated carbocycles. The molecule has 2 aromatic heterocycles. The summed E-state index contributed by atoms with van der Waals surface area (Å²) in [6.45, 7) is 5.46. The van der Waals surface area contributed by atoms with Gasteiger partial charge in [0.2, 0.25) is 0 Å². The molecule has 9 heteroatoms. The first-order valence-electron chi connectivity index (χ1n) is 8.17. The molecule has 0 atom stereocenters. The van der Waals surface area contributed by atoms with Gasteiger partial charge in [0.15, 0.2) is 0 Å². The first-order chi connectivity index (χ1) is 11.9. The van der Waals surface area contributed by atoms with E-state index in [-0.39, 0.29) is 12.5 Å². The molecule has 0 aliphatic carbocycles. The fourth-order valence-corrected chi connectivity index (χ4v) is 3.04. The molecule has 2 aromatic rings. The number of piperazine rings is 1. The van der Waals surface area contributed by atoms with Gasteiger partial charge in [-0.2, -0.15) is 10.2 Å². The number of carboxylic acid groups (broad SMARTS) is 1. The Balaban J connectivity index is 1.54. The van der Waals surface area contributed by atoms with Crippen molar-refractivity contribution in [3.05, 3.63) is 35.4 Å². The molecule has 1 aliphatic rings. The molecular formula is C16H22N6O3. The Hall–Kier alpha value is -2.68. The summed E-state index contributed by atoms with van der Waals surface area (Å²) >= 11 is 0. The fourth-order valence-electron chi connectivity index (χ4n) is 3.04. The lowest BCUT2D eigenvalue weighted by Gasteiger charge is -2.34. The van der Waals surface area contributed by atoms with E-state index in [1.165, 1.54) is 22.6 Å². The molecule has 0 spiro atoms. The van der Waals surface area contributed by atoms with Crippen LogP contribution < -0.4 is 0 Å². The molecule has 0 aromatic carbocycles. The number of hydrogen-bond donors (Lipinski definition) is 1. The second-order valence-corrected chi connectivity index (χ2v) is 6.30. The summed E-state index contributed by atoms with van der Waals surface area (Å²) in [5, 5.41) is 17.0. The number of rotatable bonds is 5. The smallest absolute Gasteiger partial charge is 0.325 e. The number of aromatic nitrogens is 4. The van der Waals surface area contributed by atoms with Crippen molar-refractivity contribution in [1.29, 1.82) is 0 Å². The molecule has 25 heavy (non-hydrogen) atoms. The van der Waals surface area contributed by atoms with E-state index < -0.39 is 5.97 Å². The Morgan fingerprint density at radius 1 is 1.20 bits per heavy atom. The standard InChI is InChI=1S/C16H22N6O3/c1-12-14(8-19(2)18-12)9-20-3-5-21(6-4-20)16(25)13-7-17-22(10-13)11-15(23)24/h7-8,10H,3-6,9,11H2,1-2H3,(H,23,24). The van der Waals surface area contributed by atoms with Crippen LogP contribution in [0.5, 0.6) is 0 Å². The van der Waals surface area contributed by atoms with Crippen LogP contribution in [0.15, 0.2) is 18.6 Å². The van der Waals surface area contributed by atoms with Gasteiger partial charge in [0, 0.05) is 57.7 Å². The van der Waals surface area contributed by atoms with Crippen LogP contribution in [-0.4, -0.2) is 72.5 Å². The molecule has 0 unspecified atom stereocenters. The largest absolute Gasteiger partial charge is 0.480 e. The van der Waals surface area contributed by atoms with Crippen molar-refractivity contribution < 1.29 is 14.7 Å². The van der Waals surface area contributed by atoms with E-state index in [1.54, 1.807) is 4.90 Å². The average molecular weight is 346 g/mol. The molecule has 1 amide bonds. The predicted octanol–water partition coefficient (Wildman–Crippen LogP) is -0.0324. The molecule has 1 N–H and O–H groups in total. The summed E-state index contributed by atoms with van der Waals surface area (Å²) in [5.41, 5.74) is 2.67. The van der Waals surface area contributed by atoms with Crippen molar-refractivity contribution in [3.8, 4) is 0 Å². The van der Waals surface area contributed by atoms with Gasteiger partial charge in [-0.3, -0.25) is 23.9 Å². The molecule has 3 heterocycles. The molecule has 0 radical (unpaired) electrons. The van der Waals surface area contributed by atoms with Gasteiger partial charge in [0.25, 0.3) is 5.91 Å². The minimum absolute atomic E-state index is 0.103. The van der Waals surface area contributed by atoms with Crippen molar-refractivity contribution in [3.63, 3.8) is 0 Å². The average Bonchev–Trinajstić information content (AvgIpc) is 3.13. The van der Waals surface area contributed by atoms with E-state index in [2.05, 4.69) is 15.1 Å². The van der Waals surface area contributed by atoms with Gasteiger partial charge < -0.3 is 10.0 Å². The summed E-state index contributed by atoms with van der Waals surface area (Å²) in [6.07, 6.45) is 4.95. The molecule has 1 fully saturated rings. The van der Waals surface area contributed by atoms with E-state index in [0.717, 1.165) is 25.3 Å². The minimum atomic E-state index is -0.985. The van der Waals surface area contributed by atoms with Crippen LogP contribution in [0.1, 0.15) is 21.6 Å². The van der Waals surface area contributed by atoms with Crippen LogP contribution in [-0.2, 0) is 24.9 Å². The van der Waals surface area contributed by atoms with Gasteiger partial charge in [-0.1, -0.05) is 0 Å². The third kappa shape index (κ3) is 4.05. The van der Waals surface area contributed by atoms with Crippen LogP contribution in [0, 0.1) is 6.92 Å². The number of aliphatic carboxylic acids is 1. The fraction of sp³-hybridized carbons (Fsp3) is 0.500. The van der Waals surface area contributed by atoms with Gasteiger partial charge in [-0.25, -0.2) is 0 Å². The van der Waals surface area contributed by atoms with E-state index in [0.29, 0.717) is 18.7 Å². The normalized spacial score (nSPS) is 15.5. The number of nitrogens with zero attached hydrogens (tertiary/aromatic N) is 6. The van der Waals surface area contributed by atoms with Crippen molar-refractivity contribution in [2.45, 2.75) is 20.0 Å². The zero-order valence-electron chi connectivity index (χ0n) is 14.4. The Bertz CT molecular complexity index is 773. The molecule has 0 bridgehead atoms. The van der Waals surface area contributed by atoms with Gasteiger partial charge in [-0.05, 0) is 6.92 Å². The second-order valence-electron chi connectivity index (χ2n) is 6.30. The Labute approximate surface area is 145 Å². The highest BCUT2D eigenvalue weighted by Crippen LogP contribution is 2.13. The molecular weight excluding hydrogens is 324 g/mol.